The van der Waals surface area contributed by atoms with E-state index in [0.717, 1.165) is 6.29 Å². The first kappa shape index (κ1) is 13.7. The van der Waals surface area contributed by atoms with Crippen LogP contribution in [0, 0.1) is 5.92 Å². The molecule has 2 rings (SSSR count). The molecule has 0 aromatic rings. The van der Waals surface area contributed by atoms with Crippen molar-refractivity contribution in [2.45, 2.75) is 38.3 Å². The van der Waals surface area contributed by atoms with E-state index in [9.17, 15) is 14.4 Å². The summed E-state index contributed by atoms with van der Waals surface area (Å²) in [4.78, 5) is 35.4. The predicted octanol–water partition coefficient (Wildman–Crippen LogP) is -0.157. The van der Waals surface area contributed by atoms with E-state index >= 15 is 0 Å². The van der Waals surface area contributed by atoms with Gasteiger partial charge >= 0.3 is 0 Å². The van der Waals surface area contributed by atoms with Crippen LogP contribution in [0.15, 0.2) is 12.2 Å². The van der Waals surface area contributed by atoms with Crippen LogP contribution in [0.1, 0.15) is 26.2 Å². The lowest BCUT2D eigenvalue weighted by Gasteiger charge is -2.40. The van der Waals surface area contributed by atoms with Crippen molar-refractivity contribution in [1.29, 1.82) is 0 Å². The average molecular weight is 265 g/mol. The maximum absolute atomic E-state index is 12.6. The largest absolute Gasteiger partial charge is 0.327 e. The minimum Gasteiger partial charge on any atom is -0.327 e. The second kappa shape index (κ2) is 5.52. The van der Waals surface area contributed by atoms with Gasteiger partial charge < -0.3 is 10.5 Å². The average Bonchev–Trinajstić information content (AvgIpc) is 2.49. The number of hydrogen-bond acceptors (Lipinski definition) is 4. The Labute approximate surface area is 112 Å². The first-order valence-electron chi connectivity index (χ1n) is 6.55. The van der Waals surface area contributed by atoms with Gasteiger partial charge in [-0.05, 0) is 13.3 Å². The molecule has 2 aliphatic rings. The molecule has 2 N–H and O–H groups in total. The predicted molar refractivity (Wildman–Crippen MR) is 68.5 cm³/mol. The van der Waals surface area contributed by atoms with Gasteiger partial charge in [0, 0.05) is 18.9 Å². The normalized spacial score (nSPS) is 28.9. The molecule has 3 unspecified atom stereocenters. The highest BCUT2D eigenvalue weighted by molar-refractivity contribution is 5.87. The summed E-state index contributed by atoms with van der Waals surface area (Å²) in [5, 5.41) is 2.87. The molecule has 0 saturated carbocycles. The van der Waals surface area contributed by atoms with E-state index in [1.807, 2.05) is 6.08 Å². The summed E-state index contributed by atoms with van der Waals surface area (Å²) in [6.45, 7) is 2.16. The number of fused-ring (bicyclic) bond motifs is 1. The molecule has 6 heteroatoms. The van der Waals surface area contributed by atoms with E-state index < -0.39 is 0 Å². The van der Waals surface area contributed by atoms with Crippen LogP contribution in [0.5, 0.6) is 0 Å². The number of carbonyl (C=O) groups is 3. The van der Waals surface area contributed by atoms with Crippen LogP contribution in [-0.4, -0.2) is 46.7 Å². The number of aldehydes is 1. The highest BCUT2D eigenvalue weighted by Gasteiger charge is 2.40. The highest BCUT2D eigenvalue weighted by Crippen LogP contribution is 2.26. The smallest absolute Gasteiger partial charge is 0.246 e. The van der Waals surface area contributed by atoms with Crippen LogP contribution in [-0.2, 0) is 14.4 Å². The zero-order valence-corrected chi connectivity index (χ0v) is 11.0. The second-order valence-corrected chi connectivity index (χ2v) is 5.06. The molecule has 0 aromatic carbocycles. The van der Waals surface area contributed by atoms with Gasteiger partial charge in [-0.25, -0.2) is 10.0 Å². The molecule has 3 atom stereocenters. The third kappa shape index (κ3) is 2.53. The van der Waals surface area contributed by atoms with Gasteiger partial charge in [0.2, 0.25) is 11.8 Å². The summed E-state index contributed by atoms with van der Waals surface area (Å²) in [5.41, 5.74) is 5.85. The molecule has 2 heterocycles. The molecule has 104 valence electrons. The van der Waals surface area contributed by atoms with Crippen molar-refractivity contribution in [2.24, 2.45) is 11.7 Å². The fourth-order valence-electron chi connectivity index (χ4n) is 2.64. The molecular weight excluding hydrogens is 246 g/mol. The van der Waals surface area contributed by atoms with Gasteiger partial charge in [0.1, 0.15) is 6.29 Å². The van der Waals surface area contributed by atoms with Crippen molar-refractivity contribution < 1.29 is 14.4 Å². The lowest BCUT2D eigenvalue weighted by molar-refractivity contribution is -0.167. The zero-order chi connectivity index (χ0) is 14.0. The van der Waals surface area contributed by atoms with E-state index in [0.29, 0.717) is 19.4 Å². The van der Waals surface area contributed by atoms with Crippen LogP contribution in [0.2, 0.25) is 0 Å². The summed E-state index contributed by atoms with van der Waals surface area (Å²) in [6.07, 6.45) is 5.37. The monoisotopic (exact) mass is 265 g/mol. The number of amides is 2. The van der Waals surface area contributed by atoms with Crippen molar-refractivity contribution in [1.82, 2.24) is 10.0 Å². The third-order valence-electron chi connectivity index (χ3n) is 3.68. The second-order valence-electron chi connectivity index (χ2n) is 5.06. The summed E-state index contributed by atoms with van der Waals surface area (Å²) < 4.78 is 0. The molecule has 0 aliphatic carbocycles. The minimum absolute atomic E-state index is 0.0863. The topological polar surface area (TPSA) is 83.7 Å². The molecular formula is C13H19N3O3. The van der Waals surface area contributed by atoms with Crippen molar-refractivity contribution >= 4 is 18.1 Å². The molecule has 19 heavy (non-hydrogen) atoms. The Morgan fingerprint density at radius 3 is 2.89 bits per heavy atom. The summed E-state index contributed by atoms with van der Waals surface area (Å²) in [6, 6.07) is -0.676. The molecule has 1 saturated heterocycles. The SMILES string of the molecule is CC(N)C1CCC(=O)N2CC=CC(CC=O)N2C1=O. The summed E-state index contributed by atoms with van der Waals surface area (Å²) in [5.74, 6) is -0.608. The molecule has 2 amide bonds. The first-order valence-corrected chi connectivity index (χ1v) is 6.55. The number of rotatable bonds is 3. The highest BCUT2D eigenvalue weighted by atomic mass is 16.2. The number of hydrogen-bond donors (Lipinski definition) is 1. The fraction of sp³-hybridized carbons (Fsp3) is 0.615. The van der Waals surface area contributed by atoms with Crippen LogP contribution in [0.4, 0.5) is 0 Å². The van der Waals surface area contributed by atoms with E-state index in [1.165, 1.54) is 10.0 Å². The van der Waals surface area contributed by atoms with Gasteiger partial charge in [-0.1, -0.05) is 12.2 Å². The van der Waals surface area contributed by atoms with Crippen LogP contribution >= 0.6 is 0 Å². The van der Waals surface area contributed by atoms with Crippen molar-refractivity contribution in [3.63, 3.8) is 0 Å². The van der Waals surface area contributed by atoms with Gasteiger partial charge in [-0.2, -0.15) is 0 Å². The van der Waals surface area contributed by atoms with Crippen molar-refractivity contribution in [3.05, 3.63) is 12.2 Å². The molecule has 2 aliphatic heterocycles. The first-order chi connectivity index (χ1) is 9.06. The van der Waals surface area contributed by atoms with Crippen LogP contribution < -0.4 is 5.73 Å². The van der Waals surface area contributed by atoms with Gasteiger partial charge in [0.05, 0.1) is 18.5 Å². The van der Waals surface area contributed by atoms with Crippen LogP contribution in [0.25, 0.3) is 0 Å². The van der Waals surface area contributed by atoms with E-state index in [4.69, 9.17) is 5.73 Å². The summed E-state index contributed by atoms with van der Waals surface area (Å²) in [7, 11) is 0. The lowest BCUT2D eigenvalue weighted by atomic mass is 9.95. The Morgan fingerprint density at radius 2 is 2.26 bits per heavy atom. The van der Waals surface area contributed by atoms with E-state index in [2.05, 4.69) is 0 Å². The molecule has 0 bridgehead atoms. The Hall–Kier alpha value is -1.69. The van der Waals surface area contributed by atoms with Crippen LogP contribution in [0.3, 0.4) is 0 Å². The molecule has 0 spiro atoms. The quantitative estimate of drug-likeness (QED) is 0.568. The summed E-state index contributed by atoms with van der Waals surface area (Å²) >= 11 is 0. The Kier molecular flexibility index (Phi) is 3.99. The number of nitrogens with two attached hydrogens (primary N) is 1. The zero-order valence-electron chi connectivity index (χ0n) is 11.0. The van der Waals surface area contributed by atoms with Gasteiger partial charge in [-0.3, -0.25) is 9.59 Å². The molecule has 0 aromatic heterocycles. The van der Waals surface area contributed by atoms with Crippen molar-refractivity contribution in [3.8, 4) is 0 Å². The number of nitrogens with zero attached hydrogens (tertiary/aromatic N) is 2. The standard InChI is InChI=1S/C13H19N3O3/c1-9(14)11-4-5-12(18)15-7-2-3-10(6-8-17)16(15)13(11)19/h2-3,8-11H,4-7,14H2,1H3. The Morgan fingerprint density at radius 1 is 1.53 bits per heavy atom. The molecule has 6 nitrogen and oxygen atoms in total. The molecule has 0 radical (unpaired) electrons. The molecule has 1 fully saturated rings. The Balaban J connectivity index is 2.34. The van der Waals surface area contributed by atoms with Crippen molar-refractivity contribution in [2.75, 3.05) is 6.54 Å². The lowest BCUT2D eigenvalue weighted by Crippen LogP contribution is -2.57. The maximum atomic E-state index is 12.6. The third-order valence-corrected chi connectivity index (χ3v) is 3.68. The van der Waals surface area contributed by atoms with Gasteiger partial charge in [0.15, 0.2) is 0 Å². The van der Waals surface area contributed by atoms with Gasteiger partial charge in [0.25, 0.3) is 0 Å². The maximum Gasteiger partial charge on any atom is 0.246 e. The number of carbonyl (C=O) groups excluding carboxylic acids is 3. The minimum atomic E-state index is -0.373. The van der Waals surface area contributed by atoms with Gasteiger partial charge in [-0.15, -0.1) is 0 Å². The fourth-order valence-corrected chi connectivity index (χ4v) is 2.64. The van der Waals surface area contributed by atoms with E-state index in [1.54, 1.807) is 13.0 Å². The Bertz CT molecular complexity index is 419. The number of hydrazine groups is 1. The van der Waals surface area contributed by atoms with E-state index in [-0.39, 0.29) is 36.2 Å².